The Kier molecular flexibility index (Phi) is 3.29. The number of rotatable bonds is 0. The van der Waals surface area contributed by atoms with E-state index < -0.39 is 0 Å². The zero-order valence-electron chi connectivity index (χ0n) is 5.00. The molecule has 0 unspecified atom stereocenters. The van der Waals surface area contributed by atoms with E-state index in [1.165, 1.54) is 0 Å². The van der Waals surface area contributed by atoms with Gasteiger partial charge in [-0.15, -0.1) is 12.4 Å². The molecule has 0 amide bonds. The van der Waals surface area contributed by atoms with E-state index in [0.29, 0.717) is 0 Å². The number of hydrogen-bond acceptors (Lipinski definition) is 2. The summed E-state index contributed by atoms with van der Waals surface area (Å²) in [6, 6.07) is 2.22. The van der Waals surface area contributed by atoms with E-state index in [9.17, 15) is 0 Å². The van der Waals surface area contributed by atoms with Gasteiger partial charge >= 0.3 is 0 Å². The minimum Gasteiger partial charge on any atom is -0.324 e. The smallest absolute Gasteiger partial charge is 0.0944 e. The molecule has 2 N–H and O–H groups in total. The number of allylic oxidation sites excluding steroid dienone is 1. The van der Waals surface area contributed by atoms with Crippen LogP contribution < -0.4 is 5.73 Å². The SMILES string of the molecule is Cl.N#CC1=C[C@H](N)CC1. The lowest BCUT2D eigenvalue weighted by Crippen LogP contribution is -2.11. The summed E-state index contributed by atoms with van der Waals surface area (Å²) in [7, 11) is 0. The van der Waals surface area contributed by atoms with E-state index in [1.807, 2.05) is 6.08 Å². The van der Waals surface area contributed by atoms with Crippen LogP contribution in [0, 0.1) is 11.3 Å². The van der Waals surface area contributed by atoms with Crippen molar-refractivity contribution in [1.29, 1.82) is 5.26 Å². The topological polar surface area (TPSA) is 49.8 Å². The van der Waals surface area contributed by atoms with Gasteiger partial charge in [0.15, 0.2) is 0 Å². The van der Waals surface area contributed by atoms with Crippen molar-refractivity contribution < 1.29 is 0 Å². The summed E-state index contributed by atoms with van der Waals surface area (Å²) >= 11 is 0. The van der Waals surface area contributed by atoms with Gasteiger partial charge in [0, 0.05) is 11.6 Å². The van der Waals surface area contributed by atoms with Crippen molar-refractivity contribution in [2.24, 2.45) is 5.73 Å². The van der Waals surface area contributed by atoms with E-state index in [4.69, 9.17) is 11.0 Å². The maximum Gasteiger partial charge on any atom is 0.0944 e. The van der Waals surface area contributed by atoms with Crippen molar-refractivity contribution in [2.75, 3.05) is 0 Å². The molecule has 0 aromatic carbocycles. The molecule has 0 aromatic heterocycles. The van der Waals surface area contributed by atoms with E-state index in [0.717, 1.165) is 18.4 Å². The zero-order valence-corrected chi connectivity index (χ0v) is 5.82. The molecule has 2 nitrogen and oxygen atoms in total. The molecule has 1 atom stereocenters. The zero-order chi connectivity index (χ0) is 5.98. The fraction of sp³-hybridized carbons (Fsp3) is 0.500. The van der Waals surface area contributed by atoms with E-state index >= 15 is 0 Å². The third kappa shape index (κ3) is 2.05. The van der Waals surface area contributed by atoms with Gasteiger partial charge in [0.25, 0.3) is 0 Å². The molecule has 1 aliphatic carbocycles. The van der Waals surface area contributed by atoms with Crippen LogP contribution >= 0.6 is 12.4 Å². The number of nitriles is 1. The van der Waals surface area contributed by atoms with Gasteiger partial charge in [-0.3, -0.25) is 0 Å². The predicted octanol–water partition coefficient (Wildman–Crippen LogP) is 0.979. The van der Waals surface area contributed by atoms with Gasteiger partial charge < -0.3 is 5.73 Å². The Bertz CT molecular complexity index is 157. The maximum absolute atomic E-state index is 8.31. The summed E-state index contributed by atoms with van der Waals surface area (Å²) in [4.78, 5) is 0. The van der Waals surface area contributed by atoms with Gasteiger partial charge in [-0.05, 0) is 12.8 Å². The highest BCUT2D eigenvalue weighted by Crippen LogP contribution is 2.14. The molecular weight excluding hydrogens is 136 g/mol. The molecule has 50 valence electrons. The first kappa shape index (κ1) is 8.48. The lowest BCUT2D eigenvalue weighted by Gasteiger charge is -1.90. The first-order valence-corrected chi connectivity index (χ1v) is 2.69. The lowest BCUT2D eigenvalue weighted by atomic mass is 10.2. The van der Waals surface area contributed by atoms with E-state index in [1.54, 1.807) is 0 Å². The van der Waals surface area contributed by atoms with Crippen molar-refractivity contribution in [3.8, 4) is 6.07 Å². The number of hydrogen-bond donors (Lipinski definition) is 1. The molecule has 0 aliphatic heterocycles. The third-order valence-corrected chi connectivity index (χ3v) is 1.31. The van der Waals surface area contributed by atoms with Crippen LogP contribution in [-0.4, -0.2) is 6.04 Å². The fourth-order valence-electron chi connectivity index (χ4n) is 0.840. The summed E-state index contributed by atoms with van der Waals surface area (Å²) in [5.41, 5.74) is 6.32. The van der Waals surface area contributed by atoms with Gasteiger partial charge in [0.1, 0.15) is 0 Å². The number of nitrogens with two attached hydrogens (primary N) is 1. The molecule has 0 bridgehead atoms. The van der Waals surface area contributed by atoms with Crippen LogP contribution in [0.3, 0.4) is 0 Å². The highest BCUT2D eigenvalue weighted by atomic mass is 35.5. The summed E-state index contributed by atoms with van der Waals surface area (Å²) in [6.45, 7) is 0. The van der Waals surface area contributed by atoms with Crippen LogP contribution in [0.5, 0.6) is 0 Å². The second-order valence-electron chi connectivity index (χ2n) is 2.01. The van der Waals surface area contributed by atoms with E-state index in [2.05, 4.69) is 6.07 Å². The normalized spacial score (nSPS) is 24.0. The molecule has 1 aliphatic rings. The Hall–Kier alpha value is -0.520. The second kappa shape index (κ2) is 3.49. The summed E-state index contributed by atoms with van der Waals surface area (Å²) in [5.74, 6) is 0. The Morgan fingerprint density at radius 3 is 2.67 bits per heavy atom. The highest BCUT2D eigenvalue weighted by Gasteiger charge is 2.09. The van der Waals surface area contributed by atoms with Crippen LogP contribution in [0.2, 0.25) is 0 Å². The molecule has 0 saturated heterocycles. The van der Waals surface area contributed by atoms with Crippen LogP contribution in [0.15, 0.2) is 11.6 Å². The highest BCUT2D eigenvalue weighted by molar-refractivity contribution is 5.85. The summed E-state index contributed by atoms with van der Waals surface area (Å²) < 4.78 is 0. The molecule has 0 saturated carbocycles. The largest absolute Gasteiger partial charge is 0.324 e. The molecule has 9 heavy (non-hydrogen) atoms. The van der Waals surface area contributed by atoms with Gasteiger partial charge in [-0.1, -0.05) is 6.08 Å². The first-order valence-electron chi connectivity index (χ1n) is 2.69. The van der Waals surface area contributed by atoms with Crippen LogP contribution in [0.25, 0.3) is 0 Å². The molecular formula is C6H9ClN2. The monoisotopic (exact) mass is 144 g/mol. The quantitative estimate of drug-likeness (QED) is 0.551. The molecule has 0 spiro atoms. The maximum atomic E-state index is 8.31. The van der Waals surface area contributed by atoms with E-state index in [-0.39, 0.29) is 18.4 Å². The van der Waals surface area contributed by atoms with Crippen LogP contribution in [-0.2, 0) is 0 Å². The van der Waals surface area contributed by atoms with Gasteiger partial charge in [0.2, 0.25) is 0 Å². The van der Waals surface area contributed by atoms with Gasteiger partial charge in [0.05, 0.1) is 6.07 Å². The number of halogens is 1. The lowest BCUT2D eigenvalue weighted by molar-refractivity contribution is 0.777. The summed E-state index contributed by atoms with van der Waals surface area (Å²) in [6.07, 6.45) is 3.65. The van der Waals surface area contributed by atoms with Crippen LogP contribution in [0.4, 0.5) is 0 Å². The Morgan fingerprint density at radius 1 is 1.78 bits per heavy atom. The predicted molar refractivity (Wildman–Crippen MR) is 38.2 cm³/mol. The molecule has 0 radical (unpaired) electrons. The number of nitrogens with zero attached hydrogens (tertiary/aromatic N) is 1. The molecule has 1 rings (SSSR count). The molecule has 3 heteroatoms. The average Bonchev–Trinajstić information content (AvgIpc) is 2.14. The van der Waals surface area contributed by atoms with Crippen molar-refractivity contribution in [1.82, 2.24) is 0 Å². The van der Waals surface area contributed by atoms with Crippen molar-refractivity contribution in [2.45, 2.75) is 18.9 Å². The minimum atomic E-state index is 0. The first-order chi connectivity index (χ1) is 3.83. The standard InChI is InChI=1S/C6H8N2.ClH/c7-4-5-1-2-6(8)3-5;/h3,6H,1-2,8H2;1H/t6-;/m1./s1. The van der Waals surface area contributed by atoms with Crippen molar-refractivity contribution in [3.05, 3.63) is 11.6 Å². The molecule has 0 fully saturated rings. The fourth-order valence-corrected chi connectivity index (χ4v) is 0.840. The van der Waals surface area contributed by atoms with Crippen molar-refractivity contribution in [3.63, 3.8) is 0 Å². The molecule has 0 aromatic rings. The Labute approximate surface area is 60.8 Å². The Balaban J connectivity index is 0.000000640. The van der Waals surface area contributed by atoms with Gasteiger partial charge in [-0.25, -0.2) is 0 Å². The third-order valence-electron chi connectivity index (χ3n) is 1.31. The molecule has 0 heterocycles. The second-order valence-corrected chi connectivity index (χ2v) is 2.01. The van der Waals surface area contributed by atoms with Gasteiger partial charge in [-0.2, -0.15) is 5.26 Å². The van der Waals surface area contributed by atoms with Crippen molar-refractivity contribution >= 4 is 12.4 Å². The van der Waals surface area contributed by atoms with Crippen LogP contribution in [0.1, 0.15) is 12.8 Å². The minimum absolute atomic E-state index is 0. The average molecular weight is 145 g/mol. The summed E-state index contributed by atoms with van der Waals surface area (Å²) in [5, 5.41) is 8.31. The Morgan fingerprint density at radius 2 is 2.44 bits per heavy atom.